The number of rotatable bonds is 11. The van der Waals surface area contributed by atoms with Gasteiger partial charge in [0.05, 0.1) is 6.04 Å². The van der Waals surface area contributed by atoms with Crippen molar-refractivity contribution in [3.63, 3.8) is 0 Å². The molecule has 0 aromatic heterocycles. The monoisotopic (exact) mass is 574 g/mol. The van der Waals surface area contributed by atoms with E-state index in [0.717, 1.165) is 44.5 Å². The highest BCUT2D eigenvalue weighted by atomic mass is 32.2. The van der Waals surface area contributed by atoms with E-state index in [2.05, 4.69) is 46.4 Å². The Kier molecular flexibility index (Phi) is 10.2. The van der Waals surface area contributed by atoms with Crippen molar-refractivity contribution in [2.45, 2.75) is 18.6 Å². The lowest BCUT2D eigenvalue weighted by Gasteiger charge is -2.32. The Bertz CT molecular complexity index is 1470. The number of likely N-dealkylation sites (N-methyl/N-ethyl adjacent to an activating group) is 1. The maximum atomic E-state index is 13.4. The molecule has 4 rings (SSSR count). The van der Waals surface area contributed by atoms with Gasteiger partial charge in [0.1, 0.15) is 11.8 Å². The van der Waals surface area contributed by atoms with Crippen LogP contribution in [0.3, 0.4) is 0 Å². The molecule has 3 aromatic rings. The van der Waals surface area contributed by atoms with Gasteiger partial charge in [0.15, 0.2) is 15.6 Å². The second-order valence-electron chi connectivity index (χ2n) is 10.7. The zero-order valence-electron chi connectivity index (χ0n) is 23.6. The summed E-state index contributed by atoms with van der Waals surface area (Å²) in [5.74, 6) is -1.89. The summed E-state index contributed by atoms with van der Waals surface area (Å²) in [6.07, 6.45) is 4.78. The molecule has 1 fully saturated rings. The molecule has 3 N–H and O–H groups in total. The fourth-order valence-electron chi connectivity index (χ4n) is 4.84. The average Bonchev–Trinajstić information content (AvgIpc) is 2.96. The van der Waals surface area contributed by atoms with Crippen LogP contribution in [-0.2, 0) is 21.2 Å². The van der Waals surface area contributed by atoms with Crippen LogP contribution < -0.4 is 11.1 Å². The number of amides is 1. The number of sulfone groups is 1. The summed E-state index contributed by atoms with van der Waals surface area (Å²) in [7, 11) is -1.47. The smallest absolute Gasteiger partial charge is 0.252 e. The highest BCUT2D eigenvalue weighted by molar-refractivity contribution is 7.91. The Balaban J connectivity index is 1.48. The maximum Gasteiger partial charge on any atom is 0.252 e. The van der Waals surface area contributed by atoms with Gasteiger partial charge in [0, 0.05) is 44.5 Å². The normalized spacial score (nSPS) is 16.4. The molecule has 0 aliphatic carbocycles. The minimum absolute atomic E-state index is 0.354. The summed E-state index contributed by atoms with van der Waals surface area (Å²) in [5, 5.41) is 2.72. The van der Waals surface area contributed by atoms with Crippen molar-refractivity contribution >= 4 is 33.7 Å². The van der Waals surface area contributed by atoms with Crippen LogP contribution in [-0.4, -0.2) is 81.2 Å². The van der Waals surface area contributed by atoms with Gasteiger partial charge in [-0.15, -0.1) is 0 Å². The first kappa shape index (κ1) is 30.3. The van der Waals surface area contributed by atoms with Crippen molar-refractivity contribution in [1.82, 2.24) is 15.1 Å². The molecule has 0 spiro atoms. The number of carbonyl (C=O) groups excluding carboxylic acids is 2. The molecule has 0 saturated carbocycles. The number of hydrogen-bond donors (Lipinski definition) is 2. The third kappa shape index (κ3) is 8.93. The zero-order valence-corrected chi connectivity index (χ0v) is 24.4. The molecule has 1 aliphatic heterocycles. The number of nitrogens with one attached hydrogen (secondary N) is 1. The number of nitrogens with zero attached hydrogens (tertiary/aromatic N) is 2. The predicted octanol–water partition coefficient (Wildman–Crippen LogP) is 3.02. The Morgan fingerprint density at radius 2 is 1.54 bits per heavy atom. The van der Waals surface area contributed by atoms with Gasteiger partial charge in [-0.3, -0.25) is 14.5 Å². The second-order valence-corrected chi connectivity index (χ2v) is 12.8. The third-order valence-electron chi connectivity index (χ3n) is 7.22. The second kappa shape index (κ2) is 13.8. The van der Waals surface area contributed by atoms with Crippen molar-refractivity contribution in [1.29, 1.82) is 0 Å². The van der Waals surface area contributed by atoms with Crippen LogP contribution in [0.4, 0.5) is 0 Å². The minimum Gasteiger partial charge on any atom is -0.340 e. The molecule has 1 heterocycles. The molecular weight excluding hydrogens is 536 g/mol. The third-order valence-corrected chi connectivity index (χ3v) is 8.03. The van der Waals surface area contributed by atoms with E-state index in [0.29, 0.717) is 16.7 Å². The number of nitrogens with two attached hydrogens (primary N) is 1. The van der Waals surface area contributed by atoms with E-state index in [-0.39, 0.29) is 0 Å². The van der Waals surface area contributed by atoms with E-state index in [1.807, 2.05) is 30.4 Å². The van der Waals surface area contributed by atoms with Crippen LogP contribution in [0.1, 0.15) is 38.7 Å². The van der Waals surface area contributed by atoms with Crippen LogP contribution in [0.25, 0.3) is 12.2 Å². The Hall–Kier alpha value is -3.63. The Morgan fingerprint density at radius 3 is 2.20 bits per heavy atom. The maximum absolute atomic E-state index is 13.4. The minimum atomic E-state index is -3.62. The van der Waals surface area contributed by atoms with Crippen LogP contribution in [0.15, 0.2) is 78.9 Å². The van der Waals surface area contributed by atoms with E-state index in [1.165, 1.54) is 5.56 Å². The number of carbonyl (C=O) groups is 2. The summed E-state index contributed by atoms with van der Waals surface area (Å²) < 4.78 is 23.8. The van der Waals surface area contributed by atoms with E-state index in [4.69, 9.17) is 5.73 Å². The lowest BCUT2D eigenvalue weighted by molar-refractivity contribution is -0.119. The van der Waals surface area contributed by atoms with Crippen LogP contribution in [0, 0.1) is 0 Å². The van der Waals surface area contributed by atoms with Gasteiger partial charge in [0.2, 0.25) is 0 Å². The van der Waals surface area contributed by atoms with Crippen LogP contribution >= 0.6 is 0 Å². The van der Waals surface area contributed by atoms with Gasteiger partial charge in [-0.25, -0.2) is 8.42 Å². The van der Waals surface area contributed by atoms with E-state index >= 15 is 0 Å². The summed E-state index contributed by atoms with van der Waals surface area (Å²) in [4.78, 5) is 31.2. The summed E-state index contributed by atoms with van der Waals surface area (Å²) >= 11 is 0. The Labute approximate surface area is 242 Å². The summed E-state index contributed by atoms with van der Waals surface area (Å²) in [6, 6.07) is 22.1. The highest BCUT2D eigenvalue weighted by Gasteiger charge is 2.31. The topological polar surface area (TPSA) is 113 Å². The predicted molar refractivity (Wildman–Crippen MR) is 164 cm³/mol. The first-order valence-corrected chi connectivity index (χ1v) is 15.7. The van der Waals surface area contributed by atoms with Gasteiger partial charge >= 0.3 is 0 Å². The van der Waals surface area contributed by atoms with E-state index in [9.17, 15) is 18.0 Å². The zero-order chi connectivity index (χ0) is 29.4. The standard InChI is InChI=1S/C32H38N4O4S/c1-35-18-20-36(21-19-35)22-25-14-12-24(13-15-25)16-17-26-8-6-7-11-28(26)32(38)34-31(29(37)23-41(2,39)40)30(33)27-9-4-3-5-10-27/h3-17,30-31H,18-23,33H2,1-2H3,(H,34,38)/t30-,31?/m1/s1. The van der Waals surface area contributed by atoms with Crippen molar-refractivity contribution < 1.29 is 18.0 Å². The van der Waals surface area contributed by atoms with E-state index < -0.39 is 39.4 Å². The molecule has 0 bridgehead atoms. The molecule has 1 unspecified atom stereocenters. The molecule has 0 radical (unpaired) electrons. The molecule has 8 nitrogen and oxygen atoms in total. The molecular formula is C32H38N4O4S. The SMILES string of the molecule is CN1CCN(Cc2ccc(C=Cc3ccccc3C(=O)NC(C(=O)CS(C)(=O)=O)[C@H](N)c3ccccc3)cc2)CC1. The van der Waals surface area contributed by atoms with Crippen molar-refractivity contribution in [2.75, 3.05) is 45.2 Å². The summed E-state index contributed by atoms with van der Waals surface area (Å²) in [5.41, 5.74) is 10.3. The van der Waals surface area contributed by atoms with Gasteiger partial charge in [-0.1, -0.05) is 84.9 Å². The fourth-order valence-corrected chi connectivity index (χ4v) is 5.54. The van der Waals surface area contributed by atoms with Crippen molar-refractivity contribution in [3.05, 3.63) is 107 Å². The van der Waals surface area contributed by atoms with Crippen molar-refractivity contribution in [3.8, 4) is 0 Å². The van der Waals surface area contributed by atoms with Gasteiger partial charge < -0.3 is 16.0 Å². The molecule has 1 saturated heterocycles. The number of Topliss-reactive ketones (excluding diaryl/α,β-unsaturated/α-hetero) is 1. The fraction of sp³-hybridized carbons (Fsp3) is 0.312. The van der Waals surface area contributed by atoms with Gasteiger partial charge in [0.25, 0.3) is 5.91 Å². The lowest BCUT2D eigenvalue weighted by Crippen LogP contribution is -2.49. The number of benzene rings is 3. The number of ketones is 1. The Morgan fingerprint density at radius 1 is 0.902 bits per heavy atom. The molecule has 2 atom stereocenters. The average molecular weight is 575 g/mol. The van der Waals surface area contributed by atoms with Crippen molar-refractivity contribution in [2.24, 2.45) is 5.73 Å². The van der Waals surface area contributed by atoms with Crippen LogP contribution in [0.2, 0.25) is 0 Å². The largest absolute Gasteiger partial charge is 0.340 e. The molecule has 41 heavy (non-hydrogen) atoms. The molecule has 216 valence electrons. The van der Waals surface area contributed by atoms with Crippen LogP contribution in [0.5, 0.6) is 0 Å². The first-order valence-electron chi connectivity index (χ1n) is 13.7. The quantitative estimate of drug-likeness (QED) is 0.339. The summed E-state index contributed by atoms with van der Waals surface area (Å²) in [6.45, 7) is 5.21. The molecule has 1 aliphatic rings. The molecule has 9 heteroatoms. The van der Waals surface area contributed by atoms with Gasteiger partial charge in [-0.05, 0) is 35.4 Å². The number of hydrogen-bond acceptors (Lipinski definition) is 7. The lowest BCUT2D eigenvalue weighted by atomic mass is 9.96. The molecule has 1 amide bonds. The highest BCUT2D eigenvalue weighted by Crippen LogP contribution is 2.19. The van der Waals surface area contributed by atoms with E-state index in [1.54, 1.807) is 36.4 Å². The number of piperazine rings is 1. The van der Waals surface area contributed by atoms with Gasteiger partial charge in [-0.2, -0.15) is 0 Å². The molecule has 3 aromatic carbocycles. The first-order chi connectivity index (χ1) is 19.6.